The summed E-state index contributed by atoms with van der Waals surface area (Å²) in [5, 5.41) is 9.70. The van der Waals surface area contributed by atoms with Crippen LogP contribution in [0.15, 0.2) is 24.3 Å². The van der Waals surface area contributed by atoms with Gasteiger partial charge in [0.05, 0.1) is 6.61 Å². The lowest BCUT2D eigenvalue weighted by atomic mass is 9.86. The average Bonchev–Trinajstić information content (AvgIpc) is 3.02. The normalized spacial score (nSPS) is 22.6. The molecule has 1 amide bonds. The van der Waals surface area contributed by atoms with E-state index in [1.165, 1.54) is 4.90 Å². The first-order chi connectivity index (χ1) is 13.2. The van der Waals surface area contributed by atoms with Crippen molar-refractivity contribution in [2.45, 2.75) is 64.1 Å². The van der Waals surface area contributed by atoms with Crippen LogP contribution in [0, 0.1) is 0 Å². The van der Waals surface area contributed by atoms with Crippen molar-refractivity contribution in [1.29, 1.82) is 0 Å². The third-order valence-electron chi connectivity index (χ3n) is 5.94. The number of aliphatic carboxylic acids is 1. The van der Waals surface area contributed by atoms with Crippen molar-refractivity contribution in [2.24, 2.45) is 0 Å². The predicted octanol–water partition coefficient (Wildman–Crippen LogP) is 3.11. The summed E-state index contributed by atoms with van der Waals surface area (Å²) in [6, 6.07) is 6.58. The minimum Gasteiger partial charge on any atom is -0.480 e. The molecule has 3 rings (SSSR count). The number of hydrogen-bond acceptors (Lipinski definition) is 4. The molecule has 1 spiro atoms. The lowest BCUT2D eigenvalue weighted by molar-refractivity contribution is -0.143. The third-order valence-corrected chi connectivity index (χ3v) is 5.94. The zero-order valence-corrected chi connectivity index (χ0v) is 17.4. The maximum Gasteiger partial charge on any atom is 0.328 e. The van der Waals surface area contributed by atoms with Crippen molar-refractivity contribution in [3.63, 3.8) is 0 Å². The molecule has 28 heavy (non-hydrogen) atoms. The SMILES string of the molecule is CCCN1CCC2(CC1)OC[C@H](C(=O)O)N2C(=O)c1ccc(C(C)(C)C)cc1. The molecule has 2 aliphatic heterocycles. The second-order valence-electron chi connectivity index (χ2n) is 8.96. The van der Waals surface area contributed by atoms with E-state index >= 15 is 0 Å². The molecule has 0 aliphatic carbocycles. The van der Waals surface area contributed by atoms with Gasteiger partial charge in [0, 0.05) is 31.5 Å². The van der Waals surface area contributed by atoms with E-state index in [9.17, 15) is 14.7 Å². The molecule has 0 bridgehead atoms. The molecule has 154 valence electrons. The first-order valence-corrected chi connectivity index (χ1v) is 10.2. The Balaban J connectivity index is 1.86. The summed E-state index contributed by atoms with van der Waals surface area (Å²) in [6.07, 6.45) is 2.36. The second kappa shape index (κ2) is 7.84. The predicted molar refractivity (Wildman–Crippen MR) is 107 cm³/mol. The Morgan fingerprint density at radius 2 is 1.79 bits per heavy atom. The molecule has 1 N–H and O–H groups in total. The molecule has 2 heterocycles. The number of benzene rings is 1. The quantitative estimate of drug-likeness (QED) is 0.858. The van der Waals surface area contributed by atoms with E-state index in [2.05, 4.69) is 32.6 Å². The fourth-order valence-corrected chi connectivity index (χ4v) is 4.25. The Morgan fingerprint density at radius 3 is 2.29 bits per heavy atom. The lowest BCUT2D eigenvalue weighted by Crippen LogP contribution is -2.58. The maximum absolute atomic E-state index is 13.4. The number of carboxylic acid groups (broad SMARTS) is 1. The van der Waals surface area contributed by atoms with Crippen LogP contribution in [0.2, 0.25) is 0 Å². The van der Waals surface area contributed by atoms with Crippen molar-refractivity contribution in [3.05, 3.63) is 35.4 Å². The van der Waals surface area contributed by atoms with Crippen LogP contribution in [-0.4, -0.2) is 64.8 Å². The molecule has 1 aromatic carbocycles. The lowest BCUT2D eigenvalue weighted by Gasteiger charge is -2.44. The number of ether oxygens (including phenoxy) is 1. The van der Waals surface area contributed by atoms with Crippen molar-refractivity contribution in [3.8, 4) is 0 Å². The van der Waals surface area contributed by atoms with E-state index in [1.807, 2.05) is 12.1 Å². The van der Waals surface area contributed by atoms with E-state index in [1.54, 1.807) is 12.1 Å². The third kappa shape index (κ3) is 3.94. The highest BCUT2D eigenvalue weighted by Gasteiger charge is 2.53. The van der Waals surface area contributed by atoms with E-state index in [-0.39, 0.29) is 17.9 Å². The van der Waals surface area contributed by atoms with Crippen LogP contribution in [0.5, 0.6) is 0 Å². The molecular weight excluding hydrogens is 356 g/mol. The number of hydrogen-bond donors (Lipinski definition) is 1. The molecule has 2 fully saturated rings. The van der Waals surface area contributed by atoms with Gasteiger partial charge in [-0.05, 0) is 36.1 Å². The molecule has 2 aliphatic rings. The molecule has 1 atom stereocenters. The standard InChI is InChI=1S/C22H32N2O4/c1-5-12-23-13-10-22(11-14-23)24(18(15-28-22)20(26)27)19(25)16-6-8-17(9-7-16)21(2,3)4/h6-9,18H,5,10-15H2,1-4H3,(H,26,27)/t18-/m1/s1. The smallest absolute Gasteiger partial charge is 0.328 e. The minimum atomic E-state index is -1.01. The van der Waals surface area contributed by atoms with Gasteiger partial charge >= 0.3 is 5.97 Å². The average molecular weight is 389 g/mol. The Hall–Kier alpha value is -1.92. The van der Waals surface area contributed by atoms with Crippen molar-refractivity contribution in [2.75, 3.05) is 26.2 Å². The monoisotopic (exact) mass is 388 g/mol. The van der Waals surface area contributed by atoms with Crippen LogP contribution in [0.3, 0.4) is 0 Å². The summed E-state index contributed by atoms with van der Waals surface area (Å²) in [6.45, 7) is 11.2. The van der Waals surface area contributed by atoms with E-state index in [0.717, 1.165) is 31.6 Å². The zero-order valence-electron chi connectivity index (χ0n) is 17.4. The van der Waals surface area contributed by atoms with Crippen LogP contribution in [-0.2, 0) is 14.9 Å². The number of carbonyl (C=O) groups is 2. The summed E-state index contributed by atoms with van der Waals surface area (Å²) in [5.74, 6) is -1.26. The van der Waals surface area contributed by atoms with Crippen LogP contribution >= 0.6 is 0 Å². The van der Waals surface area contributed by atoms with Gasteiger partial charge < -0.3 is 14.7 Å². The number of carboxylic acids is 1. The molecule has 1 aromatic rings. The highest BCUT2D eigenvalue weighted by molar-refractivity contribution is 5.97. The number of carbonyl (C=O) groups excluding carboxylic acids is 1. The summed E-state index contributed by atoms with van der Waals surface area (Å²) in [7, 11) is 0. The van der Waals surface area contributed by atoms with Gasteiger partial charge in [-0.15, -0.1) is 0 Å². The summed E-state index contributed by atoms with van der Waals surface area (Å²) < 4.78 is 6.01. The first kappa shape index (κ1) is 20.8. The topological polar surface area (TPSA) is 70.1 Å². The van der Waals surface area contributed by atoms with Gasteiger partial charge in [-0.1, -0.05) is 39.8 Å². The summed E-state index contributed by atoms with van der Waals surface area (Å²) in [4.78, 5) is 29.1. The van der Waals surface area contributed by atoms with Crippen LogP contribution in [0.1, 0.15) is 62.9 Å². The fraction of sp³-hybridized carbons (Fsp3) is 0.636. The van der Waals surface area contributed by atoms with Gasteiger partial charge in [-0.25, -0.2) is 4.79 Å². The molecule has 2 saturated heterocycles. The molecule has 0 unspecified atom stereocenters. The number of piperidine rings is 1. The number of likely N-dealkylation sites (tertiary alicyclic amines) is 1. The first-order valence-electron chi connectivity index (χ1n) is 10.2. The fourth-order valence-electron chi connectivity index (χ4n) is 4.25. The summed E-state index contributed by atoms with van der Waals surface area (Å²) in [5.41, 5.74) is 0.835. The largest absolute Gasteiger partial charge is 0.480 e. The maximum atomic E-state index is 13.4. The van der Waals surface area contributed by atoms with E-state index in [0.29, 0.717) is 18.4 Å². The van der Waals surface area contributed by atoms with Crippen molar-refractivity contribution in [1.82, 2.24) is 9.80 Å². The summed E-state index contributed by atoms with van der Waals surface area (Å²) >= 11 is 0. The van der Waals surface area contributed by atoms with Gasteiger partial charge in [-0.2, -0.15) is 0 Å². The van der Waals surface area contributed by atoms with E-state index < -0.39 is 17.7 Å². The van der Waals surface area contributed by atoms with Crippen LogP contribution in [0.4, 0.5) is 0 Å². The van der Waals surface area contributed by atoms with Gasteiger partial charge in [0.1, 0.15) is 5.72 Å². The van der Waals surface area contributed by atoms with Gasteiger partial charge in [0.2, 0.25) is 0 Å². The Kier molecular flexibility index (Phi) is 5.82. The van der Waals surface area contributed by atoms with Crippen molar-refractivity contribution >= 4 is 11.9 Å². The van der Waals surface area contributed by atoms with Gasteiger partial charge in [0.25, 0.3) is 5.91 Å². The molecule has 0 aromatic heterocycles. The number of amides is 1. The number of nitrogens with zero attached hydrogens (tertiary/aromatic N) is 2. The Bertz CT molecular complexity index is 715. The Morgan fingerprint density at radius 1 is 1.18 bits per heavy atom. The molecule has 6 nitrogen and oxygen atoms in total. The van der Waals surface area contributed by atoms with Crippen LogP contribution in [0.25, 0.3) is 0 Å². The zero-order chi connectivity index (χ0) is 20.5. The van der Waals surface area contributed by atoms with Gasteiger partial charge in [0.15, 0.2) is 6.04 Å². The van der Waals surface area contributed by atoms with Crippen molar-refractivity contribution < 1.29 is 19.4 Å². The molecular formula is C22H32N2O4. The second-order valence-corrected chi connectivity index (χ2v) is 8.96. The van der Waals surface area contributed by atoms with Crippen LogP contribution < -0.4 is 0 Å². The number of rotatable bonds is 4. The molecule has 0 radical (unpaired) electrons. The van der Waals surface area contributed by atoms with Gasteiger partial charge in [-0.3, -0.25) is 9.69 Å². The minimum absolute atomic E-state index is 0.00470. The molecule has 0 saturated carbocycles. The van der Waals surface area contributed by atoms with E-state index in [4.69, 9.17) is 4.74 Å². The Labute approximate surface area is 167 Å². The highest BCUT2D eigenvalue weighted by atomic mass is 16.5. The molecule has 6 heteroatoms. The highest BCUT2D eigenvalue weighted by Crippen LogP contribution is 2.38.